The molecule has 2 aromatic rings. The minimum atomic E-state index is -0.0806. The number of benzene rings is 2. The Labute approximate surface area is 160 Å². The summed E-state index contributed by atoms with van der Waals surface area (Å²) in [6, 6.07) is 15.8. The van der Waals surface area contributed by atoms with Crippen LogP contribution in [0.4, 0.5) is 5.69 Å². The van der Waals surface area contributed by atoms with Crippen LogP contribution in [0.15, 0.2) is 48.5 Å². The average molecular weight is 362 g/mol. The number of fused-ring (bicyclic) bond motifs is 1. The fourth-order valence-corrected chi connectivity index (χ4v) is 4.34. The number of rotatable bonds is 3. The van der Waals surface area contributed by atoms with Crippen molar-refractivity contribution in [3.05, 3.63) is 65.2 Å². The molecular weight excluding hydrogens is 336 g/mol. The lowest BCUT2D eigenvalue weighted by Crippen LogP contribution is -2.35. The smallest absolute Gasteiger partial charge is 0.251 e. The molecule has 2 aromatic carbocycles. The van der Waals surface area contributed by atoms with Crippen molar-refractivity contribution in [2.45, 2.75) is 51.0 Å². The summed E-state index contributed by atoms with van der Waals surface area (Å²) in [5.74, 6) is 0.0546. The van der Waals surface area contributed by atoms with Crippen LogP contribution in [0.1, 0.15) is 67.1 Å². The molecular formula is C23H26N2O2. The Morgan fingerprint density at radius 3 is 2.74 bits per heavy atom. The molecule has 0 radical (unpaired) electrons. The third-order valence-corrected chi connectivity index (χ3v) is 5.92. The molecule has 0 saturated carbocycles. The van der Waals surface area contributed by atoms with Crippen molar-refractivity contribution in [1.82, 2.24) is 5.32 Å². The molecule has 4 heteroatoms. The highest BCUT2D eigenvalue weighted by molar-refractivity contribution is 5.99. The molecule has 140 valence electrons. The highest BCUT2D eigenvalue weighted by atomic mass is 16.2. The molecule has 1 atom stereocenters. The summed E-state index contributed by atoms with van der Waals surface area (Å²) in [7, 11) is 0. The van der Waals surface area contributed by atoms with E-state index in [1.54, 1.807) is 4.90 Å². The minimum absolute atomic E-state index is 0.0267. The quantitative estimate of drug-likeness (QED) is 0.882. The second kappa shape index (κ2) is 6.84. The van der Waals surface area contributed by atoms with Gasteiger partial charge in [-0.25, -0.2) is 0 Å². The summed E-state index contributed by atoms with van der Waals surface area (Å²) >= 11 is 0. The molecule has 4 nitrogen and oxygen atoms in total. The van der Waals surface area contributed by atoms with Crippen molar-refractivity contribution in [2.24, 2.45) is 0 Å². The number of nitrogens with zero attached hydrogens (tertiary/aromatic N) is 1. The minimum Gasteiger partial charge on any atom is -0.345 e. The molecule has 1 N–H and O–H groups in total. The molecule has 2 aliphatic rings. The highest BCUT2D eigenvalue weighted by Crippen LogP contribution is 2.41. The second-order valence-corrected chi connectivity index (χ2v) is 8.24. The van der Waals surface area contributed by atoms with Crippen molar-refractivity contribution < 1.29 is 9.59 Å². The molecule has 0 aromatic heterocycles. The lowest BCUT2D eigenvalue weighted by atomic mass is 9.71. The maximum atomic E-state index is 12.9. The normalized spacial score (nSPS) is 21.0. The van der Waals surface area contributed by atoms with Crippen LogP contribution in [0.5, 0.6) is 0 Å². The van der Waals surface area contributed by atoms with Crippen molar-refractivity contribution in [3.63, 3.8) is 0 Å². The van der Waals surface area contributed by atoms with E-state index in [1.807, 2.05) is 30.3 Å². The summed E-state index contributed by atoms with van der Waals surface area (Å²) in [4.78, 5) is 26.7. The monoisotopic (exact) mass is 362 g/mol. The van der Waals surface area contributed by atoms with Gasteiger partial charge in [-0.15, -0.1) is 0 Å². The van der Waals surface area contributed by atoms with E-state index < -0.39 is 0 Å². The van der Waals surface area contributed by atoms with Crippen LogP contribution < -0.4 is 10.2 Å². The predicted molar refractivity (Wildman–Crippen MR) is 107 cm³/mol. The predicted octanol–water partition coefficient (Wildman–Crippen LogP) is 4.36. The van der Waals surface area contributed by atoms with E-state index in [9.17, 15) is 9.59 Å². The Kier molecular flexibility index (Phi) is 4.50. The first-order valence-electron chi connectivity index (χ1n) is 9.76. The van der Waals surface area contributed by atoms with E-state index in [1.165, 1.54) is 11.1 Å². The largest absolute Gasteiger partial charge is 0.345 e. The van der Waals surface area contributed by atoms with Gasteiger partial charge in [-0.2, -0.15) is 0 Å². The number of carbonyl (C=O) groups excluding carboxylic acids is 2. The number of hydrogen-bond acceptors (Lipinski definition) is 2. The van der Waals surface area contributed by atoms with E-state index in [-0.39, 0.29) is 23.3 Å². The van der Waals surface area contributed by atoms with Gasteiger partial charge in [0.2, 0.25) is 5.91 Å². The molecule has 1 fully saturated rings. The van der Waals surface area contributed by atoms with Crippen LogP contribution in [-0.2, 0) is 10.2 Å². The number of hydrogen-bond donors (Lipinski definition) is 1. The van der Waals surface area contributed by atoms with E-state index >= 15 is 0 Å². The molecule has 4 rings (SSSR count). The molecule has 27 heavy (non-hydrogen) atoms. The Morgan fingerprint density at radius 2 is 1.96 bits per heavy atom. The Morgan fingerprint density at radius 1 is 1.15 bits per heavy atom. The van der Waals surface area contributed by atoms with Crippen LogP contribution in [0.25, 0.3) is 0 Å². The first-order chi connectivity index (χ1) is 13.0. The second-order valence-electron chi connectivity index (χ2n) is 8.24. The molecule has 2 amide bonds. The number of anilines is 1. The zero-order valence-electron chi connectivity index (χ0n) is 16.0. The fraction of sp³-hybridized carbons (Fsp3) is 0.391. The van der Waals surface area contributed by atoms with Crippen molar-refractivity contribution >= 4 is 17.5 Å². The van der Waals surface area contributed by atoms with Crippen LogP contribution in [0, 0.1) is 0 Å². The van der Waals surface area contributed by atoms with E-state index in [0.717, 1.165) is 31.5 Å². The Balaban J connectivity index is 1.56. The molecule has 1 saturated heterocycles. The van der Waals surface area contributed by atoms with Crippen molar-refractivity contribution in [3.8, 4) is 0 Å². The number of amides is 2. The SMILES string of the molecule is CC1(C)CCC(NC(=O)c2cccc(N3CCCC3=O)c2)c2ccccc21. The van der Waals surface area contributed by atoms with Crippen molar-refractivity contribution in [1.29, 1.82) is 0 Å². The highest BCUT2D eigenvalue weighted by Gasteiger charge is 2.33. The van der Waals surface area contributed by atoms with Gasteiger partial charge in [0, 0.05) is 24.2 Å². The number of carbonyl (C=O) groups is 2. The van der Waals surface area contributed by atoms with Crippen LogP contribution in [0.2, 0.25) is 0 Å². The van der Waals surface area contributed by atoms with Gasteiger partial charge < -0.3 is 10.2 Å². The van der Waals surface area contributed by atoms with Gasteiger partial charge >= 0.3 is 0 Å². The maximum Gasteiger partial charge on any atom is 0.251 e. The lowest BCUT2D eigenvalue weighted by Gasteiger charge is -2.37. The van der Waals surface area contributed by atoms with E-state index in [0.29, 0.717) is 12.0 Å². The Bertz CT molecular complexity index is 887. The summed E-state index contributed by atoms with van der Waals surface area (Å²) in [5.41, 5.74) is 4.09. The van der Waals surface area contributed by atoms with Gasteiger partial charge in [0.25, 0.3) is 5.91 Å². The average Bonchev–Trinajstić information content (AvgIpc) is 3.10. The van der Waals surface area contributed by atoms with Gasteiger partial charge in [-0.1, -0.05) is 44.2 Å². The van der Waals surface area contributed by atoms with Gasteiger partial charge in [0.05, 0.1) is 6.04 Å². The molecule has 1 unspecified atom stereocenters. The third kappa shape index (κ3) is 3.36. The van der Waals surface area contributed by atoms with Gasteiger partial charge in [-0.05, 0) is 54.0 Å². The first-order valence-corrected chi connectivity index (χ1v) is 9.76. The zero-order valence-corrected chi connectivity index (χ0v) is 16.0. The van der Waals surface area contributed by atoms with E-state index in [4.69, 9.17) is 0 Å². The first kappa shape index (κ1) is 17.8. The number of nitrogens with one attached hydrogen (secondary N) is 1. The lowest BCUT2D eigenvalue weighted by molar-refractivity contribution is -0.117. The van der Waals surface area contributed by atoms with E-state index in [2.05, 4.69) is 37.4 Å². The molecule has 0 bridgehead atoms. The third-order valence-electron chi connectivity index (χ3n) is 5.92. The van der Waals surface area contributed by atoms with Gasteiger partial charge in [-0.3, -0.25) is 9.59 Å². The molecule has 0 spiro atoms. The molecule has 1 aliphatic carbocycles. The summed E-state index contributed by atoms with van der Waals surface area (Å²) < 4.78 is 0. The van der Waals surface area contributed by atoms with Gasteiger partial charge in [0.15, 0.2) is 0 Å². The van der Waals surface area contributed by atoms with Gasteiger partial charge in [0.1, 0.15) is 0 Å². The molecule has 1 aliphatic heterocycles. The van der Waals surface area contributed by atoms with Crippen LogP contribution in [0.3, 0.4) is 0 Å². The van der Waals surface area contributed by atoms with Crippen LogP contribution >= 0.6 is 0 Å². The van der Waals surface area contributed by atoms with Crippen molar-refractivity contribution in [2.75, 3.05) is 11.4 Å². The molecule has 1 heterocycles. The maximum absolute atomic E-state index is 12.9. The summed E-state index contributed by atoms with van der Waals surface area (Å²) in [6.07, 6.45) is 3.44. The fourth-order valence-electron chi connectivity index (χ4n) is 4.34. The standard InChI is InChI=1S/C23H26N2O2/c1-23(2)13-12-20(18-9-3-4-10-19(18)23)24-22(27)16-7-5-8-17(15-16)25-14-6-11-21(25)26/h3-5,7-10,15,20H,6,11-14H2,1-2H3,(H,24,27). The van der Waals surface area contributed by atoms with Crippen LogP contribution in [-0.4, -0.2) is 18.4 Å². The zero-order chi connectivity index (χ0) is 19.0. The Hall–Kier alpha value is -2.62. The summed E-state index contributed by atoms with van der Waals surface area (Å²) in [5, 5.41) is 3.22. The summed E-state index contributed by atoms with van der Waals surface area (Å²) in [6.45, 7) is 5.26. The topological polar surface area (TPSA) is 49.4 Å².